The number of nitrogens with zero attached hydrogens (tertiary/aromatic N) is 1. The van der Waals surface area contributed by atoms with Crippen LogP contribution in [0, 0.1) is 0 Å². The summed E-state index contributed by atoms with van der Waals surface area (Å²) >= 11 is 7.95. The highest BCUT2D eigenvalue weighted by molar-refractivity contribution is 8.01. The molecule has 21 heavy (non-hydrogen) atoms. The Morgan fingerprint density at radius 2 is 1.62 bits per heavy atom. The maximum Gasteiger partial charge on any atom is 0.516 e. The lowest BCUT2D eigenvalue weighted by atomic mass is 10.4. The van der Waals surface area contributed by atoms with Crippen LogP contribution in [0.5, 0.6) is 0 Å². The second-order valence-corrected chi connectivity index (χ2v) is 9.84. The number of hydrogen-bond donors (Lipinski definition) is 0. The Balaban J connectivity index is 1.78. The molecular formula is C14H20ClNO3SSi. The van der Waals surface area contributed by atoms with Gasteiger partial charge in [-0.15, -0.1) is 23.4 Å². The molecule has 2 bridgehead atoms. The van der Waals surface area contributed by atoms with Crippen LogP contribution in [0.15, 0.2) is 35.2 Å². The number of benzene rings is 1. The van der Waals surface area contributed by atoms with Gasteiger partial charge in [0.2, 0.25) is 0 Å². The molecule has 3 saturated heterocycles. The van der Waals surface area contributed by atoms with Crippen LogP contribution in [0.2, 0.25) is 0 Å². The van der Waals surface area contributed by atoms with Gasteiger partial charge in [0.1, 0.15) is 0 Å². The second-order valence-electron chi connectivity index (χ2n) is 5.06. The lowest BCUT2D eigenvalue weighted by molar-refractivity contribution is -0.00851. The summed E-state index contributed by atoms with van der Waals surface area (Å²) in [7, 11) is -2.74. The quantitative estimate of drug-likeness (QED) is 0.474. The molecule has 0 aromatic heterocycles. The average molecular weight is 346 g/mol. The number of fused-ring (bicyclic) bond motifs is 6. The Hall–Kier alpha value is -0.0831. The molecule has 0 aliphatic carbocycles. The topological polar surface area (TPSA) is 30.9 Å². The van der Waals surface area contributed by atoms with Crippen LogP contribution in [-0.2, 0) is 13.3 Å². The normalized spacial score (nSPS) is 31.2. The number of halogens is 1. The SMILES string of the molecule is ClCC(Sc1ccccc1)[Si]12OCCN(CCO1)CCO2. The first-order valence-corrected chi connectivity index (χ1v) is 10.5. The Morgan fingerprint density at radius 1 is 1.05 bits per heavy atom. The third-order valence-electron chi connectivity index (χ3n) is 3.69. The first kappa shape index (κ1) is 15.8. The van der Waals surface area contributed by atoms with Gasteiger partial charge in [-0.05, 0) is 12.1 Å². The molecule has 3 fully saturated rings. The molecule has 4 nitrogen and oxygen atoms in total. The minimum Gasteiger partial charge on any atom is -0.371 e. The predicted molar refractivity (Wildman–Crippen MR) is 86.9 cm³/mol. The molecule has 0 spiro atoms. The van der Waals surface area contributed by atoms with Gasteiger partial charge < -0.3 is 13.3 Å². The van der Waals surface area contributed by atoms with Crippen LogP contribution in [0.1, 0.15) is 0 Å². The molecule has 0 radical (unpaired) electrons. The summed E-state index contributed by atoms with van der Waals surface area (Å²) in [6.07, 6.45) is 0. The Kier molecular flexibility index (Phi) is 5.61. The van der Waals surface area contributed by atoms with Crippen molar-refractivity contribution in [3.63, 3.8) is 0 Å². The van der Waals surface area contributed by atoms with Crippen molar-refractivity contribution < 1.29 is 13.3 Å². The predicted octanol–water partition coefficient (Wildman–Crippen LogP) is 2.24. The van der Waals surface area contributed by atoms with E-state index >= 15 is 0 Å². The molecule has 116 valence electrons. The van der Waals surface area contributed by atoms with Crippen LogP contribution in [0.25, 0.3) is 0 Å². The highest BCUT2D eigenvalue weighted by atomic mass is 35.5. The van der Waals surface area contributed by atoms with E-state index in [2.05, 4.69) is 17.0 Å². The van der Waals surface area contributed by atoms with E-state index in [0.717, 1.165) is 19.6 Å². The maximum absolute atomic E-state index is 6.25. The third-order valence-corrected chi connectivity index (χ3v) is 9.47. The molecule has 1 aromatic carbocycles. The highest BCUT2D eigenvalue weighted by Gasteiger charge is 2.51. The number of hydrogen-bond acceptors (Lipinski definition) is 5. The van der Waals surface area contributed by atoms with Crippen molar-refractivity contribution >= 4 is 32.2 Å². The fourth-order valence-corrected chi connectivity index (χ4v) is 7.74. The maximum atomic E-state index is 6.25. The van der Waals surface area contributed by atoms with E-state index in [1.54, 1.807) is 11.8 Å². The average Bonchev–Trinajstić information content (AvgIpc) is 2.45. The van der Waals surface area contributed by atoms with Gasteiger partial charge in [-0.25, -0.2) is 0 Å². The van der Waals surface area contributed by atoms with Crippen molar-refractivity contribution in [2.24, 2.45) is 0 Å². The summed E-state index contributed by atoms with van der Waals surface area (Å²) in [6, 6.07) is 10.2. The molecule has 3 heterocycles. The largest absolute Gasteiger partial charge is 0.516 e. The molecule has 0 saturated carbocycles. The molecule has 1 aromatic rings. The van der Waals surface area contributed by atoms with Crippen LogP contribution >= 0.6 is 23.4 Å². The molecule has 0 N–H and O–H groups in total. The number of rotatable bonds is 4. The monoisotopic (exact) mass is 345 g/mol. The standard InChI is InChI=1S/C14H20ClNO3SSi/c15-12-14(20-13-4-2-1-3-5-13)21-17-9-6-16(7-10-18-21)8-11-19-21/h1-5,14H,6-12H2. The van der Waals surface area contributed by atoms with E-state index in [9.17, 15) is 0 Å². The molecule has 1 unspecified atom stereocenters. The van der Waals surface area contributed by atoms with Crippen molar-refractivity contribution in [3.05, 3.63) is 30.3 Å². The van der Waals surface area contributed by atoms with Crippen molar-refractivity contribution in [1.29, 1.82) is 0 Å². The Morgan fingerprint density at radius 3 is 2.14 bits per heavy atom. The van der Waals surface area contributed by atoms with Gasteiger partial charge in [-0.1, -0.05) is 18.2 Å². The summed E-state index contributed by atoms with van der Waals surface area (Å²) in [5.74, 6) is 0.468. The highest BCUT2D eigenvalue weighted by Crippen LogP contribution is 2.33. The van der Waals surface area contributed by atoms with Gasteiger partial charge in [-0.3, -0.25) is 4.90 Å². The molecule has 7 heteroatoms. The van der Waals surface area contributed by atoms with Crippen molar-refractivity contribution in [2.75, 3.05) is 45.3 Å². The second kappa shape index (κ2) is 7.46. The van der Waals surface area contributed by atoms with Gasteiger partial charge in [0, 0.05) is 30.4 Å². The number of thioether (sulfide) groups is 1. The third kappa shape index (κ3) is 3.82. The fraction of sp³-hybridized carbons (Fsp3) is 0.571. The molecule has 3 aliphatic heterocycles. The minimum absolute atomic E-state index is 0.0335. The first-order valence-electron chi connectivity index (χ1n) is 7.24. The molecule has 0 amide bonds. The summed E-state index contributed by atoms with van der Waals surface area (Å²) in [5.41, 5.74) is 0. The zero-order chi connectivity index (χ0) is 14.5. The molecule has 1 atom stereocenters. The fourth-order valence-electron chi connectivity index (χ4n) is 2.55. The van der Waals surface area contributed by atoms with Crippen molar-refractivity contribution in [2.45, 2.75) is 9.77 Å². The van der Waals surface area contributed by atoms with Crippen molar-refractivity contribution in [1.82, 2.24) is 4.90 Å². The van der Waals surface area contributed by atoms with Crippen LogP contribution in [0.4, 0.5) is 0 Å². The number of alkyl halides is 1. The van der Waals surface area contributed by atoms with E-state index in [1.807, 2.05) is 18.2 Å². The van der Waals surface area contributed by atoms with E-state index in [0.29, 0.717) is 25.7 Å². The zero-order valence-corrected chi connectivity index (χ0v) is 14.4. The lowest BCUT2D eigenvalue weighted by Gasteiger charge is -2.41. The summed E-state index contributed by atoms with van der Waals surface area (Å²) < 4.78 is 18.3. The Labute approximate surface area is 136 Å². The van der Waals surface area contributed by atoms with Gasteiger partial charge in [-0.2, -0.15) is 0 Å². The first-order chi connectivity index (χ1) is 10.3. The van der Waals surface area contributed by atoms with E-state index in [-0.39, 0.29) is 4.87 Å². The van der Waals surface area contributed by atoms with Crippen molar-refractivity contribution in [3.8, 4) is 0 Å². The summed E-state index contributed by atoms with van der Waals surface area (Å²) in [6.45, 7) is 4.84. The van der Waals surface area contributed by atoms with Gasteiger partial charge in [0.25, 0.3) is 0 Å². The lowest BCUT2D eigenvalue weighted by Crippen LogP contribution is -2.61. The minimum atomic E-state index is -2.74. The van der Waals surface area contributed by atoms with E-state index in [1.165, 1.54) is 4.90 Å². The zero-order valence-electron chi connectivity index (χ0n) is 11.9. The molecule has 3 aliphatic rings. The molecular weight excluding hydrogens is 326 g/mol. The van der Waals surface area contributed by atoms with Gasteiger partial charge >= 0.3 is 8.80 Å². The molecule has 4 rings (SSSR count). The van der Waals surface area contributed by atoms with Gasteiger partial charge in [0.05, 0.1) is 24.7 Å². The van der Waals surface area contributed by atoms with Gasteiger partial charge in [0.15, 0.2) is 0 Å². The summed E-state index contributed by atoms with van der Waals surface area (Å²) in [5, 5.41) is 0. The van der Waals surface area contributed by atoms with Crippen LogP contribution < -0.4 is 0 Å². The van der Waals surface area contributed by atoms with E-state index in [4.69, 9.17) is 24.9 Å². The Bertz CT molecular complexity index is 427. The summed E-state index contributed by atoms with van der Waals surface area (Å²) in [4.78, 5) is 3.52. The van der Waals surface area contributed by atoms with Crippen LogP contribution in [0.3, 0.4) is 0 Å². The van der Waals surface area contributed by atoms with E-state index < -0.39 is 8.80 Å². The smallest absolute Gasteiger partial charge is 0.371 e. The van der Waals surface area contributed by atoms with Crippen LogP contribution in [-0.4, -0.2) is 63.9 Å².